The monoisotopic (exact) mass is 219 g/mol. The van der Waals surface area contributed by atoms with Crippen molar-refractivity contribution in [3.63, 3.8) is 0 Å². The summed E-state index contributed by atoms with van der Waals surface area (Å²) in [5.41, 5.74) is 0.904. The van der Waals surface area contributed by atoms with Gasteiger partial charge in [-0.05, 0) is 12.0 Å². The second kappa shape index (κ2) is 6.53. The van der Waals surface area contributed by atoms with Crippen molar-refractivity contribution in [2.75, 3.05) is 0 Å². The maximum Gasteiger partial charge on any atom is 0.332 e. The van der Waals surface area contributed by atoms with Crippen molar-refractivity contribution >= 4 is 12.0 Å². The van der Waals surface area contributed by atoms with Crippen molar-refractivity contribution in [1.29, 1.82) is 0 Å². The molecule has 0 saturated carbocycles. The Labute approximate surface area is 94.0 Å². The van der Waals surface area contributed by atoms with Crippen molar-refractivity contribution in [2.24, 2.45) is 4.99 Å². The highest BCUT2D eigenvalue weighted by atomic mass is 16.5. The number of carbonyl (C=O) groups is 1. The van der Waals surface area contributed by atoms with Gasteiger partial charge in [0.05, 0.1) is 0 Å². The number of esters is 1. The standard InChI is InChI=1S/C12H13NO3/c1-2-11(13-9-14)12(15)16-8-10-6-4-3-5-7-10/h3-7,11H,2,8H2,1H3. The molecule has 1 aromatic carbocycles. The first-order chi connectivity index (χ1) is 7.77. The first-order valence-corrected chi connectivity index (χ1v) is 5.05. The summed E-state index contributed by atoms with van der Waals surface area (Å²) >= 11 is 0. The molecule has 0 radical (unpaired) electrons. The van der Waals surface area contributed by atoms with Gasteiger partial charge in [0.2, 0.25) is 6.08 Å². The lowest BCUT2D eigenvalue weighted by Gasteiger charge is -2.08. The Morgan fingerprint density at radius 3 is 2.69 bits per heavy atom. The Morgan fingerprint density at radius 1 is 1.44 bits per heavy atom. The van der Waals surface area contributed by atoms with Crippen molar-refractivity contribution in [1.82, 2.24) is 0 Å². The van der Waals surface area contributed by atoms with E-state index in [0.717, 1.165) is 5.56 Å². The highest BCUT2D eigenvalue weighted by molar-refractivity contribution is 5.76. The lowest BCUT2D eigenvalue weighted by molar-refractivity contribution is -0.146. The van der Waals surface area contributed by atoms with E-state index in [1.165, 1.54) is 6.08 Å². The minimum atomic E-state index is -0.735. The molecule has 4 heteroatoms. The zero-order valence-electron chi connectivity index (χ0n) is 9.05. The summed E-state index contributed by atoms with van der Waals surface area (Å²) in [6.45, 7) is 1.96. The molecule has 0 amide bonds. The number of carbonyl (C=O) groups excluding carboxylic acids is 2. The van der Waals surface area contributed by atoms with Gasteiger partial charge in [0.25, 0.3) is 0 Å². The zero-order chi connectivity index (χ0) is 11.8. The molecule has 0 N–H and O–H groups in total. The molecule has 0 aromatic heterocycles. The Bertz CT molecular complexity index is 383. The third-order valence-electron chi connectivity index (χ3n) is 2.09. The van der Waals surface area contributed by atoms with Crippen LogP contribution in [0.5, 0.6) is 0 Å². The second-order valence-electron chi connectivity index (χ2n) is 3.24. The molecule has 84 valence electrons. The van der Waals surface area contributed by atoms with Crippen molar-refractivity contribution in [3.05, 3.63) is 35.9 Å². The molecule has 1 atom stereocenters. The largest absolute Gasteiger partial charge is 0.459 e. The van der Waals surface area contributed by atoms with Crippen LogP contribution in [0.15, 0.2) is 35.3 Å². The number of rotatable bonds is 5. The van der Waals surface area contributed by atoms with Gasteiger partial charge in [0.1, 0.15) is 6.61 Å². The Hall–Kier alpha value is -1.93. The summed E-state index contributed by atoms with van der Waals surface area (Å²) in [7, 11) is 0. The highest BCUT2D eigenvalue weighted by Gasteiger charge is 2.16. The second-order valence-corrected chi connectivity index (χ2v) is 3.24. The van der Waals surface area contributed by atoms with Gasteiger partial charge in [-0.2, -0.15) is 4.99 Å². The van der Waals surface area contributed by atoms with Gasteiger partial charge in [-0.1, -0.05) is 37.3 Å². The smallest absolute Gasteiger partial charge is 0.332 e. The average Bonchev–Trinajstić information content (AvgIpc) is 2.34. The van der Waals surface area contributed by atoms with Crippen molar-refractivity contribution in [2.45, 2.75) is 26.0 Å². The molecule has 0 heterocycles. The summed E-state index contributed by atoms with van der Waals surface area (Å²) in [5, 5.41) is 0. The molecule has 0 aliphatic rings. The van der Waals surface area contributed by atoms with Crippen LogP contribution in [0.2, 0.25) is 0 Å². The van der Waals surface area contributed by atoms with Crippen LogP contribution >= 0.6 is 0 Å². The predicted molar refractivity (Wildman–Crippen MR) is 58.4 cm³/mol. The van der Waals surface area contributed by atoms with Crippen LogP contribution in [-0.2, 0) is 20.9 Å². The summed E-state index contributed by atoms with van der Waals surface area (Å²) < 4.78 is 5.02. The molecule has 1 rings (SSSR count). The fraction of sp³-hybridized carbons (Fsp3) is 0.333. The molecular weight excluding hydrogens is 206 g/mol. The van der Waals surface area contributed by atoms with Gasteiger partial charge >= 0.3 is 5.97 Å². The number of benzene rings is 1. The van der Waals surface area contributed by atoms with Crippen LogP contribution in [-0.4, -0.2) is 18.1 Å². The molecule has 0 aliphatic carbocycles. The third kappa shape index (κ3) is 3.67. The SMILES string of the molecule is CCC(N=C=O)C(=O)OCc1ccccc1. The van der Waals surface area contributed by atoms with Crippen LogP contribution in [0.3, 0.4) is 0 Å². The number of aliphatic imine (C=N–C) groups is 1. The minimum absolute atomic E-state index is 0.199. The zero-order valence-corrected chi connectivity index (χ0v) is 9.05. The average molecular weight is 219 g/mol. The van der Waals surface area contributed by atoms with Crippen LogP contribution in [0.25, 0.3) is 0 Å². The molecular formula is C12H13NO3. The van der Waals surface area contributed by atoms with Gasteiger partial charge in [0.15, 0.2) is 6.04 Å². The van der Waals surface area contributed by atoms with Crippen LogP contribution in [0.1, 0.15) is 18.9 Å². The van der Waals surface area contributed by atoms with E-state index in [0.29, 0.717) is 6.42 Å². The molecule has 0 aliphatic heterocycles. The number of hydrogen-bond acceptors (Lipinski definition) is 4. The molecule has 16 heavy (non-hydrogen) atoms. The molecule has 0 spiro atoms. The Balaban J connectivity index is 2.49. The van der Waals surface area contributed by atoms with Gasteiger partial charge in [-0.3, -0.25) is 0 Å². The summed E-state index contributed by atoms with van der Waals surface area (Å²) in [6.07, 6.45) is 1.81. The maximum atomic E-state index is 11.4. The maximum absolute atomic E-state index is 11.4. The molecule has 0 fully saturated rings. The lowest BCUT2D eigenvalue weighted by Crippen LogP contribution is -2.20. The first kappa shape index (κ1) is 12.1. The molecule has 1 unspecified atom stereocenters. The molecule has 1 aromatic rings. The summed E-state index contributed by atoms with van der Waals surface area (Å²) in [4.78, 5) is 24.9. The number of nitrogens with zero attached hydrogens (tertiary/aromatic N) is 1. The van der Waals surface area contributed by atoms with E-state index in [-0.39, 0.29) is 6.61 Å². The molecule has 4 nitrogen and oxygen atoms in total. The minimum Gasteiger partial charge on any atom is -0.459 e. The number of hydrogen-bond donors (Lipinski definition) is 0. The predicted octanol–water partition coefficient (Wildman–Crippen LogP) is 1.84. The Morgan fingerprint density at radius 2 is 2.12 bits per heavy atom. The lowest BCUT2D eigenvalue weighted by atomic mass is 10.2. The van der Waals surface area contributed by atoms with E-state index < -0.39 is 12.0 Å². The van der Waals surface area contributed by atoms with Gasteiger partial charge in [-0.15, -0.1) is 0 Å². The van der Waals surface area contributed by atoms with E-state index in [2.05, 4.69) is 4.99 Å². The Kier molecular flexibility index (Phi) is 4.96. The van der Waals surface area contributed by atoms with Gasteiger partial charge in [0, 0.05) is 0 Å². The van der Waals surface area contributed by atoms with Crippen molar-refractivity contribution < 1.29 is 14.3 Å². The van der Waals surface area contributed by atoms with Crippen LogP contribution < -0.4 is 0 Å². The quantitative estimate of drug-likeness (QED) is 0.431. The van der Waals surface area contributed by atoms with E-state index in [1.54, 1.807) is 6.92 Å². The first-order valence-electron chi connectivity index (χ1n) is 5.05. The fourth-order valence-electron chi connectivity index (χ4n) is 1.20. The highest BCUT2D eigenvalue weighted by Crippen LogP contribution is 2.04. The topological polar surface area (TPSA) is 55.7 Å². The van der Waals surface area contributed by atoms with Crippen molar-refractivity contribution in [3.8, 4) is 0 Å². The number of isocyanates is 1. The summed E-state index contributed by atoms with van der Waals surface area (Å²) in [6, 6.07) is 8.60. The van der Waals surface area contributed by atoms with Crippen LogP contribution in [0, 0.1) is 0 Å². The van der Waals surface area contributed by atoms with E-state index in [9.17, 15) is 9.59 Å². The van der Waals surface area contributed by atoms with E-state index >= 15 is 0 Å². The third-order valence-corrected chi connectivity index (χ3v) is 2.09. The van der Waals surface area contributed by atoms with Gasteiger partial charge < -0.3 is 4.74 Å². The normalized spacial score (nSPS) is 11.3. The van der Waals surface area contributed by atoms with E-state index in [1.807, 2.05) is 30.3 Å². The van der Waals surface area contributed by atoms with Crippen LogP contribution in [0.4, 0.5) is 0 Å². The van der Waals surface area contributed by atoms with Gasteiger partial charge in [-0.25, -0.2) is 9.59 Å². The fourth-order valence-corrected chi connectivity index (χ4v) is 1.20. The van der Waals surface area contributed by atoms with E-state index in [4.69, 9.17) is 4.74 Å². The molecule has 0 bridgehead atoms. The summed E-state index contributed by atoms with van der Waals surface area (Å²) in [5.74, 6) is -0.491. The molecule has 0 saturated heterocycles. The number of ether oxygens (including phenoxy) is 1.